The van der Waals surface area contributed by atoms with Crippen LogP contribution in [0.5, 0.6) is 5.75 Å². The number of aliphatic carboxylic acids is 2. The summed E-state index contributed by atoms with van der Waals surface area (Å²) in [5.41, 5.74) is 1.21. The molecular formula is C12H14O5. The van der Waals surface area contributed by atoms with Crippen LogP contribution in [0.2, 0.25) is 0 Å². The highest BCUT2D eigenvalue weighted by atomic mass is 16.4. The largest absolute Gasteiger partial charge is 0.508 e. The molecule has 0 heterocycles. The van der Waals surface area contributed by atoms with Crippen molar-refractivity contribution in [2.45, 2.75) is 25.7 Å². The van der Waals surface area contributed by atoms with E-state index in [-0.39, 0.29) is 25.0 Å². The van der Waals surface area contributed by atoms with Crippen LogP contribution in [0.3, 0.4) is 0 Å². The third-order valence-electron chi connectivity index (χ3n) is 2.45. The van der Waals surface area contributed by atoms with Crippen molar-refractivity contribution in [3.63, 3.8) is 0 Å². The second-order valence-corrected chi connectivity index (χ2v) is 3.70. The number of phenolic OH excluding ortho intramolecular Hbond substituents is 1. The van der Waals surface area contributed by atoms with Gasteiger partial charge in [0.2, 0.25) is 0 Å². The number of aryl methyl sites for hydroxylation is 1. The first-order valence-electron chi connectivity index (χ1n) is 5.24. The average molecular weight is 238 g/mol. The Hall–Kier alpha value is -2.04. The molecule has 5 nitrogen and oxygen atoms in total. The maximum atomic E-state index is 10.5. The van der Waals surface area contributed by atoms with Gasteiger partial charge in [-0.15, -0.1) is 0 Å². The molecule has 1 aromatic rings. The van der Waals surface area contributed by atoms with Crippen LogP contribution in [-0.2, 0) is 22.4 Å². The van der Waals surface area contributed by atoms with Gasteiger partial charge in [0.1, 0.15) is 5.75 Å². The lowest BCUT2D eigenvalue weighted by Gasteiger charge is -2.09. The summed E-state index contributed by atoms with van der Waals surface area (Å²) < 4.78 is 0. The van der Waals surface area contributed by atoms with Gasteiger partial charge < -0.3 is 15.3 Å². The predicted molar refractivity (Wildman–Crippen MR) is 60.0 cm³/mol. The molecule has 0 unspecified atom stereocenters. The van der Waals surface area contributed by atoms with Crippen molar-refractivity contribution in [2.24, 2.45) is 0 Å². The van der Waals surface area contributed by atoms with E-state index >= 15 is 0 Å². The molecule has 0 spiro atoms. The molecular weight excluding hydrogens is 224 g/mol. The van der Waals surface area contributed by atoms with E-state index in [1.165, 1.54) is 6.07 Å². The molecule has 0 amide bonds. The predicted octanol–water partition coefficient (Wildman–Crippen LogP) is 1.43. The Morgan fingerprint density at radius 3 is 2.18 bits per heavy atom. The van der Waals surface area contributed by atoms with Crippen LogP contribution in [0.1, 0.15) is 24.0 Å². The van der Waals surface area contributed by atoms with Crippen LogP contribution >= 0.6 is 0 Å². The SMILES string of the molecule is O=C(O)CCc1cccc(O)c1CCC(=O)O. The molecule has 0 aliphatic carbocycles. The van der Waals surface area contributed by atoms with Gasteiger partial charge in [-0.05, 0) is 30.0 Å². The Kier molecular flexibility index (Phi) is 4.51. The van der Waals surface area contributed by atoms with Crippen LogP contribution in [0.25, 0.3) is 0 Å². The summed E-state index contributed by atoms with van der Waals surface area (Å²) >= 11 is 0. The lowest BCUT2D eigenvalue weighted by Crippen LogP contribution is -2.03. The van der Waals surface area contributed by atoms with Gasteiger partial charge in [0, 0.05) is 12.8 Å². The van der Waals surface area contributed by atoms with Crippen molar-refractivity contribution in [3.05, 3.63) is 29.3 Å². The summed E-state index contributed by atoms with van der Waals surface area (Å²) in [4.78, 5) is 21.0. The van der Waals surface area contributed by atoms with E-state index in [2.05, 4.69) is 0 Å². The summed E-state index contributed by atoms with van der Waals surface area (Å²) in [5, 5.41) is 26.8. The fourth-order valence-corrected chi connectivity index (χ4v) is 1.62. The molecule has 0 saturated carbocycles. The number of hydrogen-bond donors (Lipinski definition) is 3. The van der Waals surface area contributed by atoms with E-state index in [1.54, 1.807) is 12.1 Å². The van der Waals surface area contributed by atoms with Crippen molar-refractivity contribution >= 4 is 11.9 Å². The number of carbonyl (C=O) groups is 2. The lowest BCUT2D eigenvalue weighted by atomic mass is 9.98. The molecule has 0 bridgehead atoms. The topological polar surface area (TPSA) is 94.8 Å². The van der Waals surface area contributed by atoms with Crippen molar-refractivity contribution in [2.75, 3.05) is 0 Å². The molecule has 1 aromatic carbocycles. The number of phenols is 1. The minimum atomic E-state index is -0.947. The zero-order chi connectivity index (χ0) is 12.8. The fourth-order valence-electron chi connectivity index (χ4n) is 1.62. The number of hydrogen-bond acceptors (Lipinski definition) is 3. The molecule has 17 heavy (non-hydrogen) atoms. The van der Waals surface area contributed by atoms with E-state index in [0.29, 0.717) is 17.5 Å². The fraction of sp³-hybridized carbons (Fsp3) is 0.333. The van der Waals surface area contributed by atoms with Crippen LogP contribution in [0.15, 0.2) is 18.2 Å². The second kappa shape index (κ2) is 5.89. The summed E-state index contributed by atoms with van der Waals surface area (Å²) in [6.45, 7) is 0. The molecule has 5 heteroatoms. The first-order chi connectivity index (χ1) is 8.00. The summed E-state index contributed by atoms with van der Waals surface area (Å²) in [5.74, 6) is -1.84. The van der Waals surface area contributed by atoms with Crippen molar-refractivity contribution in [3.8, 4) is 5.75 Å². The highest BCUT2D eigenvalue weighted by Gasteiger charge is 2.10. The Balaban J connectivity index is 2.83. The third-order valence-corrected chi connectivity index (χ3v) is 2.45. The number of benzene rings is 1. The molecule has 0 radical (unpaired) electrons. The summed E-state index contributed by atoms with van der Waals surface area (Å²) in [6, 6.07) is 4.80. The Labute approximate surface area is 98.3 Å². The van der Waals surface area contributed by atoms with Gasteiger partial charge >= 0.3 is 11.9 Å². The summed E-state index contributed by atoms with van der Waals surface area (Å²) in [7, 11) is 0. The van der Waals surface area contributed by atoms with Crippen LogP contribution in [0.4, 0.5) is 0 Å². The van der Waals surface area contributed by atoms with E-state index in [4.69, 9.17) is 10.2 Å². The van der Waals surface area contributed by atoms with Gasteiger partial charge in [-0.2, -0.15) is 0 Å². The van der Waals surface area contributed by atoms with Gasteiger partial charge in [0.25, 0.3) is 0 Å². The third kappa shape index (κ3) is 4.14. The van der Waals surface area contributed by atoms with Crippen molar-refractivity contribution < 1.29 is 24.9 Å². The highest BCUT2D eigenvalue weighted by molar-refractivity contribution is 5.68. The van der Waals surface area contributed by atoms with Gasteiger partial charge in [-0.3, -0.25) is 9.59 Å². The Morgan fingerprint density at radius 2 is 1.59 bits per heavy atom. The van der Waals surface area contributed by atoms with Gasteiger partial charge in [-0.25, -0.2) is 0 Å². The molecule has 92 valence electrons. The Morgan fingerprint density at radius 1 is 1.00 bits per heavy atom. The monoisotopic (exact) mass is 238 g/mol. The normalized spacial score (nSPS) is 10.1. The first-order valence-corrected chi connectivity index (χ1v) is 5.24. The lowest BCUT2D eigenvalue weighted by molar-refractivity contribution is -0.138. The van der Waals surface area contributed by atoms with Gasteiger partial charge in [0.05, 0.1) is 0 Å². The zero-order valence-electron chi connectivity index (χ0n) is 9.22. The molecule has 0 aromatic heterocycles. The molecule has 0 aliphatic rings. The molecule has 0 atom stereocenters. The minimum Gasteiger partial charge on any atom is -0.508 e. The highest BCUT2D eigenvalue weighted by Crippen LogP contribution is 2.23. The number of carboxylic acids is 2. The molecule has 0 fully saturated rings. The quantitative estimate of drug-likeness (QED) is 0.696. The summed E-state index contributed by atoms with van der Waals surface area (Å²) in [6.07, 6.45) is 0.372. The molecule has 0 aliphatic heterocycles. The van der Waals surface area contributed by atoms with Crippen molar-refractivity contribution in [1.29, 1.82) is 0 Å². The molecule has 3 N–H and O–H groups in total. The number of carboxylic acid groups (broad SMARTS) is 2. The smallest absolute Gasteiger partial charge is 0.303 e. The first kappa shape index (κ1) is 13.0. The Bertz CT molecular complexity index is 425. The minimum absolute atomic E-state index is 0.0224. The van der Waals surface area contributed by atoms with E-state index in [9.17, 15) is 14.7 Å². The number of rotatable bonds is 6. The van der Waals surface area contributed by atoms with Crippen LogP contribution < -0.4 is 0 Å². The zero-order valence-corrected chi connectivity index (χ0v) is 9.22. The molecule has 0 saturated heterocycles. The standard InChI is InChI=1S/C12H14O5/c13-10-3-1-2-8(4-6-11(14)15)9(10)5-7-12(16)17/h1-3,13H,4-7H2,(H,14,15)(H,16,17). The van der Waals surface area contributed by atoms with Gasteiger partial charge in [-0.1, -0.05) is 12.1 Å². The van der Waals surface area contributed by atoms with E-state index in [1.807, 2.05) is 0 Å². The number of aromatic hydroxyl groups is 1. The van der Waals surface area contributed by atoms with Crippen molar-refractivity contribution in [1.82, 2.24) is 0 Å². The van der Waals surface area contributed by atoms with Gasteiger partial charge in [0.15, 0.2) is 0 Å². The average Bonchev–Trinajstić information content (AvgIpc) is 2.24. The maximum absolute atomic E-state index is 10.5. The van der Waals surface area contributed by atoms with E-state index in [0.717, 1.165) is 0 Å². The second-order valence-electron chi connectivity index (χ2n) is 3.70. The molecule has 1 rings (SSSR count). The van der Waals surface area contributed by atoms with Crippen LogP contribution in [0, 0.1) is 0 Å². The van der Waals surface area contributed by atoms with E-state index < -0.39 is 11.9 Å². The van der Waals surface area contributed by atoms with Crippen LogP contribution in [-0.4, -0.2) is 27.3 Å². The maximum Gasteiger partial charge on any atom is 0.303 e.